The molecule has 7 heteroatoms. The lowest BCUT2D eigenvalue weighted by Gasteiger charge is -2.08. The second-order valence-corrected chi connectivity index (χ2v) is 6.08. The molecule has 2 N–H and O–H groups in total. The zero-order valence-electron chi connectivity index (χ0n) is 15.6. The van der Waals surface area contributed by atoms with Gasteiger partial charge in [-0.3, -0.25) is 9.59 Å². The maximum absolute atomic E-state index is 12.4. The maximum atomic E-state index is 12.4. The summed E-state index contributed by atoms with van der Waals surface area (Å²) in [6.45, 7) is 2.05. The fraction of sp³-hybridized carbons (Fsp3) is 0.143. The lowest BCUT2D eigenvalue weighted by atomic mass is 10.1. The van der Waals surface area contributed by atoms with Gasteiger partial charge in [-0.05, 0) is 48.9 Å². The topological polar surface area (TPSA) is 93.2 Å². The molecule has 1 heterocycles. The van der Waals surface area contributed by atoms with Gasteiger partial charge in [0.2, 0.25) is 0 Å². The molecule has 3 rings (SSSR count). The number of hydrogen-bond acceptors (Lipinski definition) is 6. The smallest absolute Gasteiger partial charge is 0.274 e. The van der Waals surface area contributed by atoms with E-state index in [0.29, 0.717) is 23.6 Å². The molecule has 142 valence electrons. The third-order valence-corrected chi connectivity index (χ3v) is 4.08. The molecular weight excluding hydrogens is 356 g/mol. The van der Waals surface area contributed by atoms with Crippen LogP contribution in [0.1, 0.15) is 33.3 Å². The molecule has 2 aromatic carbocycles. The number of ketones is 1. The number of hydrogen-bond donors (Lipinski definition) is 2. The van der Waals surface area contributed by atoms with Crippen molar-refractivity contribution in [3.05, 3.63) is 77.7 Å². The van der Waals surface area contributed by atoms with Crippen LogP contribution in [0, 0.1) is 0 Å². The highest BCUT2D eigenvalue weighted by Crippen LogP contribution is 2.14. The second kappa shape index (κ2) is 8.77. The van der Waals surface area contributed by atoms with Crippen LogP contribution in [0.2, 0.25) is 0 Å². The Bertz CT molecular complexity index is 970. The summed E-state index contributed by atoms with van der Waals surface area (Å²) in [6.07, 6.45) is 1.34. The number of nitrogens with one attached hydrogen (secondary N) is 2. The standard InChI is InChI=1S/C21H20N4O3/c1-14(26)16-5-7-17(8-6-16)25-21(27)19-11-20(24-13-23-19)22-12-15-3-9-18(28-2)10-4-15/h3-11,13H,12H2,1-2H3,(H,25,27)(H,22,23,24). The molecule has 0 bridgehead atoms. The zero-order chi connectivity index (χ0) is 19.9. The summed E-state index contributed by atoms with van der Waals surface area (Å²) in [5.74, 6) is 0.954. The van der Waals surface area contributed by atoms with Crippen LogP contribution in [-0.2, 0) is 6.54 Å². The van der Waals surface area contributed by atoms with Crippen molar-refractivity contribution in [2.75, 3.05) is 17.7 Å². The number of methoxy groups -OCH3 is 1. The van der Waals surface area contributed by atoms with Gasteiger partial charge in [0.05, 0.1) is 7.11 Å². The van der Waals surface area contributed by atoms with E-state index < -0.39 is 0 Å². The van der Waals surface area contributed by atoms with Crippen LogP contribution in [0.25, 0.3) is 0 Å². The molecule has 0 aliphatic carbocycles. The molecule has 0 fully saturated rings. The van der Waals surface area contributed by atoms with Crippen molar-refractivity contribution < 1.29 is 14.3 Å². The van der Waals surface area contributed by atoms with Gasteiger partial charge in [0.15, 0.2) is 5.78 Å². The Morgan fingerprint density at radius 3 is 2.36 bits per heavy atom. The summed E-state index contributed by atoms with van der Waals surface area (Å²) in [5.41, 5.74) is 2.46. The lowest BCUT2D eigenvalue weighted by molar-refractivity contribution is 0.101. The van der Waals surface area contributed by atoms with Gasteiger partial charge in [-0.1, -0.05) is 12.1 Å². The average Bonchev–Trinajstić information content (AvgIpc) is 2.73. The highest BCUT2D eigenvalue weighted by molar-refractivity contribution is 6.03. The highest BCUT2D eigenvalue weighted by Gasteiger charge is 2.10. The first-order valence-electron chi connectivity index (χ1n) is 8.66. The van der Waals surface area contributed by atoms with Crippen LogP contribution < -0.4 is 15.4 Å². The van der Waals surface area contributed by atoms with Crippen LogP contribution in [-0.4, -0.2) is 28.8 Å². The summed E-state index contributed by atoms with van der Waals surface area (Å²) in [7, 11) is 1.62. The fourth-order valence-electron chi connectivity index (χ4n) is 2.50. The minimum atomic E-state index is -0.356. The van der Waals surface area contributed by atoms with Gasteiger partial charge in [-0.2, -0.15) is 0 Å². The molecule has 28 heavy (non-hydrogen) atoms. The number of ether oxygens (including phenoxy) is 1. The van der Waals surface area contributed by atoms with Gasteiger partial charge in [-0.25, -0.2) is 9.97 Å². The third-order valence-electron chi connectivity index (χ3n) is 4.08. The number of carbonyl (C=O) groups excluding carboxylic acids is 2. The Labute approximate surface area is 162 Å². The van der Waals surface area contributed by atoms with Crippen molar-refractivity contribution in [1.82, 2.24) is 9.97 Å². The van der Waals surface area contributed by atoms with E-state index in [9.17, 15) is 9.59 Å². The summed E-state index contributed by atoms with van der Waals surface area (Å²) >= 11 is 0. The fourth-order valence-corrected chi connectivity index (χ4v) is 2.50. The van der Waals surface area contributed by atoms with Crippen LogP contribution in [0.5, 0.6) is 5.75 Å². The molecule has 1 aromatic heterocycles. The number of rotatable bonds is 7. The first kappa shape index (κ1) is 19.0. The molecule has 0 atom stereocenters. The van der Waals surface area contributed by atoms with E-state index in [4.69, 9.17) is 4.74 Å². The van der Waals surface area contributed by atoms with E-state index in [2.05, 4.69) is 20.6 Å². The van der Waals surface area contributed by atoms with Crippen molar-refractivity contribution in [2.45, 2.75) is 13.5 Å². The molecule has 0 unspecified atom stereocenters. The highest BCUT2D eigenvalue weighted by atomic mass is 16.5. The van der Waals surface area contributed by atoms with Gasteiger partial charge < -0.3 is 15.4 Å². The number of amides is 1. The molecular formula is C21H20N4O3. The van der Waals surface area contributed by atoms with Crippen LogP contribution in [0.3, 0.4) is 0 Å². The largest absolute Gasteiger partial charge is 0.497 e. The summed E-state index contributed by atoms with van der Waals surface area (Å²) in [6, 6.07) is 15.9. The monoisotopic (exact) mass is 376 g/mol. The van der Waals surface area contributed by atoms with E-state index in [0.717, 1.165) is 11.3 Å². The van der Waals surface area contributed by atoms with E-state index in [1.54, 1.807) is 37.4 Å². The van der Waals surface area contributed by atoms with Gasteiger partial charge in [0.25, 0.3) is 5.91 Å². The number of aromatic nitrogens is 2. The van der Waals surface area contributed by atoms with Crippen LogP contribution >= 0.6 is 0 Å². The Hall–Kier alpha value is -3.74. The number of nitrogens with zero attached hydrogens (tertiary/aromatic N) is 2. The molecule has 0 radical (unpaired) electrons. The van der Waals surface area contributed by atoms with E-state index in [1.807, 2.05) is 24.3 Å². The summed E-state index contributed by atoms with van der Waals surface area (Å²) in [4.78, 5) is 31.9. The summed E-state index contributed by atoms with van der Waals surface area (Å²) < 4.78 is 5.14. The molecule has 3 aromatic rings. The van der Waals surface area contributed by atoms with Crippen molar-refractivity contribution >= 4 is 23.2 Å². The average molecular weight is 376 g/mol. The minimum absolute atomic E-state index is 0.0266. The Morgan fingerprint density at radius 1 is 1.00 bits per heavy atom. The SMILES string of the molecule is COc1ccc(CNc2cc(C(=O)Nc3ccc(C(C)=O)cc3)ncn2)cc1. The molecule has 0 aliphatic rings. The molecule has 0 spiro atoms. The predicted octanol–water partition coefficient (Wildman–Crippen LogP) is 3.55. The first-order chi connectivity index (χ1) is 13.5. The van der Waals surface area contributed by atoms with Crippen molar-refractivity contribution in [3.8, 4) is 5.75 Å². The number of Topliss-reactive ketones (excluding diaryl/α,β-unsaturated/α-hetero) is 1. The summed E-state index contributed by atoms with van der Waals surface area (Å²) in [5, 5.41) is 5.92. The predicted molar refractivity (Wildman–Crippen MR) is 107 cm³/mol. The number of anilines is 2. The van der Waals surface area contributed by atoms with Gasteiger partial charge in [0, 0.05) is 23.9 Å². The second-order valence-electron chi connectivity index (χ2n) is 6.08. The lowest BCUT2D eigenvalue weighted by Crippen LogP contribution is -2.14. The van der Waals surface area contributed by atoms with Crippen molar-refractivity contribution in [1.29, 1.82) is 0 Å². The Kier molecular flexibility index (Phi) is 5.96. The molecule has 0 saturated carbocycles. The molecule has 0 aliphatic heterocycles. The van der Waals surface area contributed by atoms with Crippen molar-refractivity contribution in [2.24, 2.45) is 0 Å². The van der Waals surface area contributed by atoms with Crippen LogP contribution in [0.4, 0.5) is 11.5 Å². The molecule has 1 amide bonds. The van der Waals surface area contributed by atoms with Crippen LogP contribution in [0.15, 0.2) is 60.9 Å². The van der Waals surface area contributed by atoms with Gasteiger partial charge >= 0.3 is 0 Å². The molecule has 7 nitrogen and oxygen atoms in total. The quantitative estimate of drug-likeness (QED) is 0.613. The first-order valence-corrected chi connectivity index (χ1v) is 8.66. The van der Waals surface area contributed by atoms with E-state index in [-0.39, 0.29) is 17.4 Å². The number of benzene rings is 2. The number of carbonyl (C=O) groups is 2. The van der Waals surface area contributed by atoms with E-state index in [1.165, 1.54) is 13.3 Å². The third kappa shape index (κ3) is 4.91. The minimum Gasteiger partial charge on any atom is -0.497 e. The van der Waals surface area contributed by atoms with Gasteiger partial charge in [-0.15, -0.1) is 0 Å². The Morgan fingerprint density at radius 2 is 1.71 bits per heavy atom. The Balaban J connectivity index is 1.62. The van der Waals surface area contributed by atoms with Gasteiger partial charge in [0.1, 0.15) is 23.6 Å². The normalized spacial score (nSPS) is 10.2. The zero-order valence-corrected chi connectivity index (χ0v) is 15.6. The maximum Gasteiger partial charge on any atom is 0.274 e. The molecule has 0 saturated heterocycles. The van der Waals surface area contributed by atoms with Crippen molar-refractivity contribution in [3.63, 3.8) is 0 Å². The van der Waals surface area contributed by atoms with E-state index >= 15 is 0 Å².